The van der Waals surface area contributed by atoms with Gasteiger partial charge in [0.05, 0.1) is 7.11 Å². The molecule has 2 aromatic rings. The largest absolute Gasteiger partial charge is 0.497 e. The van der Waals surface area contributed by atoms with Crippen LogP contribution in [0.25, 0.3) is 0 Å². The fourth-order valence-corrected chi connectivity index (χ4v) is 4.89. The molecule has 0 bridgehead atoms. The first kappa shape index (κ1) is 23.7. The number of ether oxygens (including phenoxy) is 1. The van der Waals surface area contributed by atoms with Gasteiger partial charge in [0.25, 0.3) is 5.91 Å². The van der Waals surface area contributed by atoms with Gasteiger partial charge in [-0.15, -0.1) is 0 Å². The second-order valence-electron chi connectivity index (χ2n) is 9.20. The van der Waals surface area contributed by atoms with Gasteiger partial charge in [-0.3, -0.25) is 19.5 Å². The van der Waals surface area contributed by atoms with Crippen molar-refractivity contribution in [3.8, 4) is 5.75 Å². The van der Waals surface area contributed by atoms with E-state index in [4.69, 9.17) is 4.74 Å². The SMILES string of the molecule is COc1ccc(CCN2C(=O)NC(C)(C3CCN(C(=O)CCc4cccnc4)CC3)C2=O)cc1. The third kappa shape index (κ3) is 5.05. The van der Waals surface area contributed by atoms with Gasteiger partial charge in [-0.2, -0.15) is 0 Å². The highest BCUT2D eigenvalue weighted by Crippen LogP contribution is 2.33. The fraction of sp³-hybridized carbons (Fsp3) is 0.462. The molecule has 1 unspecified atom stereocenters. The lowest BCUT2D eigenvalue weighted by Gasteiger charge is -2.39. The van der Waals surface area contributed by atoms with E-state index in [9.17, 15) is 14.4 Å². The number of hydrogen-bond donors (Lipinski definition) is 1. The molecule has 0 spiro atoms. The van der Waals surface area contributed by atoms with Crippen molar-refractivity contribution in [1.82, 2.24) is 20.1 Å². The zero-order valence-electron chi connectivity index (χ0n) is 19.8. The zero-order valence-corrected chi connectivity index (χ0v) is 19.8. The van der Waals surface area contributed by atoms with Crippen molar-refractivity contribution in [2.24, 2.45) is 5.92 Å². The molecule has 180 valence electrons. The van der Waals surface area contributed by atoms with Gasteiger partial charge in [-0.1, -0.05) is 18.2 Å². The quantitative estimate of drug-likeness (QED) is 0.607. The number of carbonyl (C=O) groups is 3. The molecule has 4 rings (SSSR count). The lowest BCUT2D eigenvalue weighted by molar-refractivity contribution is -0.135. The highest BCUT2D eigenvalue weighted by molar-refractivity contribution is 6.07. The Morgan fingerprint density at radius 2 is 1.85 bits per heavy atom. The summed E-state index contributed by atoms with van der Waals surface area (Å²) in [6, 6.07) is 11.1. The topological polar surface area (TPSA) is 91.8 Å². The predicted molar refractivity (Wildman–Crippen MR) is 127 cm³/mol. The lowest BCUT2D eigenvalue weighted by Crippen LogP contribution is -2.54. The van der Waals surface area contributed by atoms with Gasteiger partial charge < -0.3 is 15.0 Å². The number of nitrogens with zero attached hydrogens (tertiary/aromatic N) is 3. The van der Waals surface area contributed by atoms with Crippen LogP contribution >= 0.6 is 0 Å². The Morgan fingerprint density at radius 1 is 1.12 bits per heavy atom. The summed E-state index contributed by atoms with van der Waals surface area (Å²) in [5.74, 6) is 0.716. The van der Waals surface area contributed by atoms with Gasteiger partial charge >= 0.3 is 6.03 Å². The number of aromatic nitrogens is 1. The van der Waals surface area contributed by atoms with Crippen LogP contribution in [-0.4, -0.2) is 64.9 Å². The normalized spacial score (nSPS) is 21.0. The molecule has 4 amide bonds. The van der Waals surface area contributed by atoms with Gasteiger partial charge in [0.15, 0.2) is 0 Å². The third-order valence-corrected chi connectivity index (χ3v) is 7.10. The van der Waals surface area contributed by atoms with Gasteiger partial charge in [0.1, 0.15) is 11.3 Å². The number of amides is 4. The number of rotatable bonds is 8. The van der Waals surface area contributed by atoms with Gasteiger partial charge in [0, 0.05) is 38.4 Å². The Morgan fingerprint density at radius 3 is 2.50 bits per heavy atom. The molecule has 1 N–H and O–H groups in total. The minimum Gasteiger partial charge on any atom is -0.497 e. The number of urea groups is 1. The monoisotopic (exact) mass is 464 g/mol. The molecule has 0 radical (unpaired) electrons. The highest BCUT2D eigenvalue weighted by atomic mass is 16.5. The van der Waals surface area contributed by atoms with Crippen molar-refractivity contribution in [3.63, 3.8) is 0 Å². The van der Waals surface area contributed by atoms with Crippen molar-refractivity contribution >= 4 is 17.8 Å². The smallest absolute Gasteiger partial charge is 0.325 e. The first-order valence-electron chi connectivity index (χ1n) is 11.8. The van der Waals surface area contributed by atoms with Crippen LogP contribution in [0.4, 0.5) is 4.79 Å². The maximum Gasteiger partial charge on any atom is 0.325 e. The maximum absolute atomic E-state index is 13.3. The minimum absolute atomic E-state index is 0.00249. The van der Waals surface area contributed by atoms with Crippen molar-refractivity contribution in [2.75, 3.05) is 26.7 Å². The second-order valence-corrected chi connectivity index (χ2v) is 9.20. The summed E-state index contributed by atoms with van der Waals surface area (Å²) in [7, 11) is 1.62. The first-order valence-corrected chi connectivity index (χ1v) is 11.8. The molecule has 2 saturated heterocycles. The van der Waals surface area contributed by atoms with Crippen LogP contribution in [0, 0.1) is 5.92 Å². The standard InChI is InChI=1S/C26H32N4O4/c1-26(21-12-15-29(16-13-21)23(31)10-7-20-4-3-14-27-18-20)24(32)30(25(33)28-26)17-11-19-5-8-22(34-2)9-6-19/h3-6,8-9,14,18,21H,7,10-13,15-17H2,1-2H3,(H,28,33). The Hall–Kier alpha value is -3.42. The van der Waals surface area contributed by atoms with E-state index in [2.05, 4.69) is 10.3 Å². The molecular formula is C26H32N4O4. The van der Waals surface area contributed by atoms with Crippen LogP contribution < -0.4 is 10.1 Å². The molecule has 34 heavy (non-hydrogen) atoms. The number of nitrogens with one attached hydrogen (secondary N) is 1. The van der Waals surface area contributed by atoms with Crippen LogP contribution in [0.15, 0.2) is 48.8 Å². The molecule has 0 aliphatic carbocycles. The number of hydrogen-bond acceptors (Lipinski definition) is 5. The Kier molecular flexibility index (Phi) is 7.14. The Bertz CT molecular complexity index is 1020. The molecule has 1 aromatic heterocycles. The summed E-state index contributed by atoms with van der Waals surface area (Å²) < 4.78 is 5.18. The molecule has 3 heterocycles. The van der Waals surface area contributed by atoms with Crippen LogP contribution in [0.1, 0.15) is 37.3 Å². The minimum atomic E-state index is -0.929. The third-order valence-electron chi connectivity index (χ3n) is 7.10. The zero-order chi connectivity index (χ0) is 24.1. The Balaban J connectivity index is 1.29. The summed E-state index contributed by atoms with van der Waals surface area (Å²) in [6.45, 7) is 3.35. The van der Waals surface area contributed by atoms with E-state index in [0.29, 0.717) is 51.7 Å². The highest BCUT2D eigenvalue weighted by Gasteiger charge is 2.52. The summed E-state index contributed by atoms with van der Waals surface area (Å²) in [4.78, 5) is 45.9. The average Bonchev–Trinajstić information content (AvgIpc) is 3.10. The van der Waals surface area contributed by atoms with Crippen LogP contribution in [-0.2, 0) is 22.4 Å². The molecule has 2 aliphatic rings. The fourth-order valence-electron chi connectivity index (χ4n) is 4.89. The van der Waals surface area contributed by atoms with Gasteiger partial charge in [0.2, 0.25) is 5.91 Å². The predicted octanol–water partition coefficient (Wildman–Crippen LogP) is 2.81. The molecular weight excluding hydrogens is 432 g/mol. The van der Waals surface area contributed by atoms with E-state index >= 15 is 0 Å². The molecule has 0 saturated carbocycles. The molecule has 2 aliphatic heterocycles. The van der Waals surface area contributed by atoms with Crippen LogP contribution in [0.3, 0.4) is 0 Å². The van der Waals surface area contributed by atoms with Gasteiger partial charge in [-0.05, 0) is 67.9 Å². The van der Waals surface area contributed by atoms with E-state index in [1.165, 1.54) is 4.90 Å². The van der Waals surface area contributed by atoms with E-state index in [1.807, 2.05) is 48.2 Å². The van der Waals surface area contributed by atoms with E-state index in [1.54, 1.807) is 19.5 Å². The van der Waals surface area contributed by atoms with Gasteiger partial charge in [-0.25, -0.2) is 4.79 Å². The maximum atomic E-state index is 13.3. The molecule has 1 atom stereocenters. The van der Waals surface area contributed by atoms with Crippen molar-refractivity contribution in [1.29, 1.82) is 0 Å². The van der Waals surface area contributed by atoms with Crippen molar-refractivity contribution in [3.05, 3.63) is 59.9 Å². The Labute approximate surface area is 200 Å². The summed E-state index contributed by atoms with van der Waals surface area (Å²) in [6.07, 6.45) is 6.59. The van der Waals surface area contributed by atoms with Crippen molar-refractivity contribution in [2.45, 2.75) is 44.6 Å². The lowest BCUT2D eigenvalue weighted by atomic mass is 9.78. The number of benzene rings is 1. The number of likely N-dealkylation sites (tertiary alicyclic amines) is 1. The van der Waals surface area contributed by atoms with Crippen molar-refractivity contribution < 1.29 is 19.1 Å². The molecule has 1 aromatic carbocycles. The summed E-state index contributed by atoms with van der Waals surface area (Å²) in [5, 5.41) is 2.95. The summed E-state index contributed by atoms with van der Waals surface area (Å²) in [5.41, 5.74) is 1.15. The first-order chi connectivity index (χ1) is 16.4. The molecule has 2 fully saturated rings. The number of carbonyl (C=O) groups excluding carboxylic acids is 3. The number of aryl methyl sites for hydroxylation is 1. The van der Waals surface area contributed by atoms with E-state index in [-0.39, 0.29) is 23.8 Å². The van der Waals surface area contributed by atoms with E-state index < -0.39 is 5.54 Å². The number of methoxy groups -OCH3 is 1. The van der Waals surface area contributed by atoms with Crippen LogP contribution in [0.5, 0.6) is 5.75 Å². The molecule has 8 heteroatoms. The summed E-state index contributed by atoms with van der Waals surface area (Å²) >= 11 is 0. The van der Waals surface area contributed by atoms with E-state index in [0.717, 1.165) is 16.9 Å². The second kappa shape index (κ2) is 10.2. The average molecular weight is 465 g/mol. The number of pyridine rings is 1. The van der Waals surface area contributed by atoms with Crippen LogP contribution in [0.2, 0.25) is 0 Å². The number of piperidine rings is 1. The number of imide groups is 1. The molecule has 8 nitrogen and oxygen atoms in total.